The lowest BCUT2D eigenvalue weighted by Gasteiger charge is -2.34. The van der Waals surface area contributed by atoms with Gasteiger partial charge in [0.2, 0.25) is 5.60 Å². The number of fused-ring (bicyclic) bond motifs is 1. The number of carbonyl (C=O) groups excluding carboxylic acids is 2. The van der Waals surface area contributed by atoms with Crippen LogP contribution in [0.15, 0.2) is 18.5 Å². The molecule has 2 aliphatic heterocycles. The maximum atomic E-state index is 12.6. The highest BCUT2D eigenvalue weighted by Crippen LogP contribution is 2.63. The lowest BCUT2D eigenvalue weighted by Crippen LogP contribution is -2.52. The molecule has 4 heterocycles. The third kappa shape index (κ3) is 2.67. The molecule has 13 nitrogen and oxygen atoms in total. The third-order valence-electron chi connectivity index (χ3n) is 5.99. The fourth-order valence-electron chi connectivity index (χ4n) is 4.51. The van der Waals surface area contributed by atoms with Gasteiger partial charge in [0.25, 0.3) is 0 Å². The predicted molar refractivity (Wildman–Crippen MR) is 100 cm³/mol. The van der Waals surface area contributed by atoms with Crippen LogP contribution >= 0.6 is 0 Å². The molecule has 6 atom stereocenters. The van der Waals surface area contributed by atoms with Crippen LogP contribution in [0, 0.1) is 11.3 Å². The molecule has 13 heteroatoms. The van der Waals surface area contributed by atoms with Crippen molar-refractivity contribution in [2.75, 3.05) is 12.8 Å². The molecule has 1 spiro atoms. The average Bonchev–Trinajstić information content (AvgIpc) is 3.08. The van der Waals surface area contributed by atoms with Crippen LogP contribution in [0.5, 0.6) is 0 Å². The monoisotopic (exact) mass is 445 g/mol. The van der Waals surface area contributed by atoms with E-state index in [-0.39, 0.29) is 24.4 Å². The van der Waals surface area contributed by atoms with Crippen LogP contribution in [0.25, 0.3) is 5.52 Å². The molecule has 0 amide bonds. The van der Waals surface area contributed by atoms with Gasteiger partial charge in [0.15, 0.2) is 29.9 Å². The first-order chi connectivity index (χ1) is 15.4. The minimum atomic E-state index is -1.90. The van der Waals surface area contributed by atoms with E-state index >= 15 is 0 Å². The fraction of sp³-hybridized carbons (Fsp3) is 0.526. The molecule has 2 aromatic rings. The Balaban J connectivity index is 1.65. The Morgan fingerprint density at radius 1 is 1.44 bits per heavy atom. The van der Waals surface area contributed by atoms with Gasteiger partial charge in [-0.05, 0) is 25.0 Å². The molecular weight excluding hydrogens is 426 g/mol. The highest BCUT2D eigenvalue weighted by atomic mass is 16.8. The van der Waals surface area contributed by atoms with Gasteiger partial charge in [-0.2, -0.15) is 10.4 Å². The van der Waals surface area contributed by atoms with Gasteiger partial charge < -0.3 is 34.5 Å². The highest BCUT2D eigenvalue weighted by molar-refractivity contribution is 5.71. The number of nitrogens with two attached hydrogens (primary N) is 1. The minimum Gasteiger partial charge on any atom is -0.454 e. The molecule has 2 unspecified atom stereocenters. The first kappa shape index (κ1) is 20.4. The second-order valence-electron chi connectivity index (χ2n) is 7.73. The zero-order valence-electron chi connectivity index (χ0n) is 16.8. The van der Waals surface area contributed by atoms with Gasteiger partial charge in [0, 0.05) is 6.42 Å². The SMILES string of the molecule is COC(=O)OC1[C@H]2O[C@@](C#N)(c3ccc4c(N)ncnn34)[C@@H]3OC(=O)CCCC(O)O[C@]123. The molecule has 3 N–H and O–H groups in total. The summed E-state index contributed by atoms with van der Waals surface area (Å²) in [5, 5.41) is 24.8. The standard InChI is InChI=1S/C19H19N5O8/c1-28-17(27)30-13-14-19(13)16(29-11(25)3-2-4-12(26)31-19)18(7-20,32-14)10-6-5-9-15(21)22-8-23-24(9)10/h5-6,8,12-14,16,26H,2-4H2,1H3,(H2,21,22,23)/t12?,13?,14-,16+,18+,19-/m1/s1. The normalized spacial score (nSPS) is 36.0. The van der Waals surface area contributed by atoms with Crippen LogP contribution < -0.4 is 5.73 Å². The van der Waals surface area contributed by atoms with Crippen LogP contribution in [-0.4, -0.2) is 69.1 Å². The minimum absolute atomic E-state index is 0.00821. The summed E-state index contributed by atoms with van der Waals surface area (Å²) in [6.45, 7) is 0. The van der Waals surface area contributed by atoms with Crippen LogP contribution in [0.4, 0.5) is 10.6 Å². The largest absolute Gasteiger partial charge is 0.508 e. The topological polar surface area (TPSA) is 181 Å². The number of aliphatic hydroxyl groups is 1. The van der Waals surface area contributed by atoms with Gasteiger partial charge in [-0.25, -0.2) is 14.3 Å². The molecule has 3 aliphatic rings. The van der Waals surface area contributed by atoms with Crippen molar-refractivity contribution in [2.45, 2.75) is 55.1 Å². The van der Waals surface area contributed by atoms with Crippen molar-refractivity contribution in [3.63, 3.8) is 0 Å². The Kier molecular flexibility index (Phi) is 4.48. The van der Waals surface area contributed by atoms with Gasteiger partial charge >= 0.3 is 12.1 Å². The molecule has 5 rings (SSSR count). The number of carbonyl (C=O) groups is 2. The molecule has 0 bridgehead atoms. The van der Waals surface area contributed by atoms with E-state index < -0.39 is 47.9 Å². The molecule has 2 saturated heterocycles. The molecule has 2 aromatic heterocycles. The highest BCUT2D eigenvalue weighted by Gasteiger charge is 2.87. The van der Waals surface area contributed by atoms with Crippen molar-refractivity contribution < 1.29 is 38.4 Å². The van der Waals surface area contributed by atoms with Crippen LogP contribution in [0.3, 0.4) is 0 Å². The Morgan fingerprint density at radius 2 is 2.25 bits per heavy atom. The maximum Gasteiger partial charge on any atom is 0.508 e. The second kappa shape index (κ2) is 7.02. The van der Waals surface area contributed by atoms with Gasteiger partial charge in [-0.15, -0.1) is 0 Å². The summed E-state index contributed by atoms with van der Waals surface area (Å²) in [6.07, 6.45) is -4.17. The quantitative estimate of drug-likeness (QED) is 0.580. The van der Waals surface area contributed by atoms with E-state index in [0.29, 0.717) is 11.9 Å². The molecule has 32 heavy (non-hydrogen) atoms. The number of esters is 1. The van der Waals surface area contributed by atoms with Gasteiger partial charge in [0.1, 0.15) is 24.0 Å². The predicted octanol–water partition coefficient (Wildman–Crippen LogP) is -0.236. The summed E-state index contributed by atoms with van der Waals surface area (Å²) >= 11 is 0. The summed E-state index contributed by atoms with van der Waals surface area (Å²) in [5.74, 6) is -0.447. The summed E-state index contributed by atoms with van der Waals surface area (Å²) in [7, 11) is 1.13. The smallest absolute Gasteiger partial charge is 0.454 e. The summed E-state index contributed by atoms with van der Waals surface area (Å²) in [5.41, 5.74) is 3.01. The molecule has 1 saturated carbocycles. The first-order valence-corrected chi connectivity index (χ1v) is 9.85. The molecule has 168 valence electrons. The summed E-state index contributed by atoms with van der Waals surface area (Å²) < 4.78 is 28.8. The maximum absolute atomic E-state index is 12.6. The van der Waals surface area contributed by atoms with E-state index in [2.05, 4.69) is 20.9 Å². The Labute approximate surface area is 180 Å². The molecule has 1 aliphatic carbocycles. The average molecular weight is 445 g/mol. The summed E-state index contributed by atoms with van der Waals surface area (Å²) in [6, 6.07) is 5.23. The molecular formula is C19H19N5O8. The van der Waals surface area contributed by atoms with Crippen molar-refractivity contribution >= 4 is 23.5 Å². The van der Waals surface area contributed by atoms with Crippen molar-refractivity contribution in [1.29, 1.82) is 5.26 Å². The Morgan fingerprint density at radius 3 is 3.00 bits per heavy atom. The van der Waals surface area contributed by atoms with Crippen LogP contribution in [0.1, 0.15) is 25.0 Å². The number of nitrogens with zero attached hydrogens (tertiary/aromatic N) is 4. The number of anilines is 1. The van der Waals surface area contributed by atoms with Crippen molar-refractivity contribution in [3.05, 3.63) is 24.2 Å². The molecule has 3 fully saturated rings. The third-order valence-corrected chi connectivity index (χ3v) is 5.99. The lowest BCUT2D eigenvalue weighted by atomic mass is 9.90. The Bertz CT molecular complexity index is 1150. The Hall–Kier alpha value is -3.47. The van der Waals surface area contributed by atoms with Crippen molar-refractivity contribution in [1.82, 2.24) is 14.6 Å². The fourth-order valence-corrected chi connectivity index (χ4v) is 4.51. The number of methoxy groups -OCH3 is 1. The van der Waals surface area contributed by atoms with E-state index in [1.54, 1.807) is 12.1 Å². The number of nitrogen functional groups attached to an aromatic ring is 1. The number of ether oxygens (including phenoxy) is 5. The van der Waals surface area contributed by atoms with Crippen molar-refractivity contribution in [2.24, 2.45) is 0 Å². The van der Waals surface area contributed by atoms with Gasteiger partial charge in [-0.3, -0.25) is 4.79 Å². The van der Waals surface area contributed by atoms with Gasteiger partial charge in [0.05, 0.1) is 12.8 Å². The van der Waals surface area contributed by atoms with Gasteiger partial charge in [-0.1, -0.05) is 0 Å². The molecule has 0 aromatic carbocycles. The van der Waals surface area contributed by atoms with Crippen LogP contribution in [0.2, 0.25) is 0 Å². The van der Waals surface area contributed by atoms with E-state index in [0.717, 1.165) is 7.11 Å². The van der Waals surface area contributed by atoms with E-state index in [4.69, 9.17) is 24.7 Å². The number of aliphatic hydroxyl groups excluding tert-OH is 1. The summed E-state index contributed by atoms with van der Waals surface area (Å²) in [4.78, 5) is 28.3. The molecule has 0 radical (unpaired) electrons. The zero-order valence-corrected chi connectivity index (χ0v) is 16.8. The number of hydrogen-bond acceptors (Lipinski definition) is 12. The number of aromatic nitrogens is 3. The lowest BCUT2D eigenvalue weighted by molar-refractivity contribution is -0.207. The van der Waals surface area contributed by atoms with E-state index in [9.17, 15) is 20.0 Å². The first-order valence-electron chi connectivity index (χ1n) is 9.85. The zero-order chi connectivity index (χ0) is 22.7. The number of rotatable bonds is 2. The number of nitriles is 1. The van der Waals surface area contributed by atoms with E-state index in [1.807, 2.05) is 0 Å². The second-order valence-corrected chi connectivity index (χ2v) is 7.73. The van der Waals surface area contributed by atoms with E-state index in [1.165, 1.54) is 10.8 Å². The number of hydrogen-bond donors (Lipinski definition) is 2. The van der Waals surface area contributed by atoms with Crippen molar-refractivity contribution in [3.8, 4) is 6.07 Å². The van der Waals surface area contributed by atoms with Crippen LogP contribution in [-0.2, 0) is 34.1 Å².